The van der Waals surface area contributed by atoms with Gasteiger partial charge < -0.3 is 0 Å². The molecule has 1 heterocycles. The van der Waals surface area contributed by atoms with Crippen molar-refractivity contribution in [3.05, 3.63) is 185 Å². The Bertz CT molecular complexity index is 3630. The first-order chi connectivity index (χ1) is 28.6. The van der Waals surface area contributed by atoms with Gasteiger partial charge in [0.1, 0.15) is 0 Å². The van der Waals surface area contributed by atoms with Gasteiger partial charge in [-0.2, -0.15) is 10.5 Å². The van der Waals surface area contributed by atoms with Crippen molar-refractivity contribution in [1.29, 1.82) is 10.5 Å². The Kier molecular flexibility index (Phi) is 6.85. The van der Waals surface area contributed by atoms with E-state index < -0.39 is 0 Å². The highest BCUT2D eigenvalue weighted by Gasteiger charge is 2.26. The number of nitriles is 2. The largest absolute Gasteiger partial charge is 0.227 e. The third-order valence-electron chi connectivity index (χ3n) is 12.4. The third-order valence-corrected chi connectivity index (χ3v) is 12.4. The van der Waals surface area contributed by atoms with Crippen molar-refractivity contribution in [2.75, 3.05) is 0 Å². The molecule has 0 saturated heterocycles. The Morgan fingerprint density at radius 3 is 1.76 bits per heavy atom. The maximum absolute atomic E-state index is 9.72. The molecule has 0 amide bonds. The number of hydrogen-bond donors (Lipinski definition) is 0. The summed E-state index contributed by atoms with van der Waals surface area (Å²) in [4.78, 5) is 10.8. The van der Waals surface area contributed by atoms with Gasteiger partial charge in [0.2, 0.25) is 0 Å². The van der Waals surface area contributed by atoms with Crippen LogP contribution in [0.2, 0.25) is 0 Å². The van der Waals surface area contributed by atoms with E-state index in [1.165, 1.54) is 70.2 Å². The standard InChI is InChI=1S/C54H30N4/c55-29-31-7-11-39(12-8-31)52-47-28-41(42-23-19-37-17-15-33-3-1-5-35-21-25-44(42)50(37)48(33)35)27-46(53(47)58-54(57-52)40-13-9-32(30-56)10-14-40)43-24-20-38-18-16-34-4-2-6-36-22-26-45(43)51(38)49(34)36/h1-22,24-28,42H,23H2. The monoisotopic (exact) mass is 734 g/mol. The van der Waals surface area contributed by atoms with Crippen molar-refractivity contribution in [3.63, 3.8) is 0 Å². The molecule has 0 N–H and O–H groups in total. The molecule has 11 aromatic rings. The number of benzene rings is 10. The van der Waals surface area contributed by atoms with Crippen LogP contribution in [-0.2, 0) is 0 Å². The Morgan fingerprint density at radius 1 is 0.483 bits per heavy atom. The molecule has 1 unspecified atom stereocenters. The molecular weight excluding hydrogens is 705 g/mol. The smallest absolute Gasteiger partial charge is 0.160 e. The first-order valence-corrected chi connectivity index (χ1v) is 19.6. The van der Waals surface area contributed by atoms with Crippen LogP contribution >= 0.6 is 0 Å². The Labute approximate surface area is 333 Å². The predicted octanol–water partition coefficient (Wildman–Crippen LogP) is 12.6. The molecule has 0 radical (unpaired) electrons. The van der Waals surface area contributed by atoms with Crippen molar-refractivity contribution >= 4 is 70.8 Å². The summed E-state index contributed by atoms with van der Waals surface area (Å²) in [5.41, 5.74) is 9.24. The first kappa shape index (κ1) is 32.3. The molecule has 0 saturated carbocycles. The number of hydrogen-bond acceptors (Lipinski definition) is 4. The Balaban J connectivity index is 1.20. The van der Waals surface area contributed by atoms with Gasteiger partial charge in [-0.3, -0.25) is 0 Å². The lowest BCUT2D eigenvalue weighted by atomic mass is 9.78. The molecule has 58 heavy (non-hydrogen) atoms. The third kappa shape index (κ3) is 4.73. The predicted molar refractivity (Wildman–Crippen MR) is 237 cm³/mol. The number of fused-ring (bicyclic) bond motifs is 1. The van der Waals surface area contributed by atoms with Gasteiger partial charge >= 0.3 is 0 Å². The molecule has 0 spiro atoms. The summed E-state index contributed by atoms with van der Waals surface area (Å²) < 4.78 is 0. The van der Waals surface area contributed by atoms with E-state index in [1.807, 2.05) is 48.5 Å². The van der Waals surface area contributed by atoms with Crippen molar-refractivity contribution in [3.8, 4) is 45.9 Å². The molecule has 12 rings (SSSR count). The molecule has 4 nitrogen and oxygen atoms in total. The SMILES string of the molecule is N#Cc1ccc(-c2nc(-c3ccc(C#N)cc3)c3cc(C4CC=c5ccc6cccc7ccc4c5c76)cc(-c4ccc5ccc6cccc7ccc4c5c67)c3n2)cc1. The molecule has 1 aliphatic rings. The average molecular weight is 735 g/mol. The Morgan fingerprint density at radius 2 is 1.07 bits per heavy atom. The summed E-state index contributed by atoms with van der Waals surface area (Å²) in [7, 11) is 0. The number of nitrogens with zero attached hydrogens (tertiary/aromatic N) is 4. The van der Waals surface area contributed by atoms with Crippen molar-refractivity contribution < 1.29 is 0 Å². The van der Waals surface area contributed by atoms with Gasteiger partial charge in [-0.25, -0.2) is 9.97 Å². The second kappa shape index (κ2) is 12.3. The summed E-state index contributed by atoms with van der Waals surface area (Å²) in [6.07, 6.45) is 3.27. The molecule has 266 valence electrons. The summed E-state index contributed by atoms with van der Waals surface area (Å²) in [6, 6.07) is 60.1. The molecule has 0 bridgehead atoms. The second-order valence-corrected chi connectivity index (χ2v) is 15.5. The highest BCUT2D eigenvalue weighted by atomic mass is 14.9. The molecule has 4 heteroatoms. The van der Waals surface area contributed by atoms with Crippen LogP contribution in [0.5, 0.6) is 0 Å². The van der Waals surface area contributed by atoms with Crippen LogP contribution in [0.4, 0.5) is 0 Å². The fourth-order valence-electron chi connectivity index (χ4n) is 9.66. The van der Waals surface area contributed by atoms with Crippen LogP contribution in [0.1, 0.15) is 34.6 Å². The summed E-state index contributed by atoms with van der Waals surface area (Å²) >= 11 is 0. The molecule has 1 aliphatic carbocycles. The molecule has 1 aromatic heterocycles. The zero-order valence-corrected chi connectivity index (χ0v) is 31.2. The lowest BCUT2D eigenvalue weighted by Crippen LogP contribution is -2.15. The van der Waals surface area contributed by atoms with Gasteiger partial charge in [0, 0.05) is 28.0 Å². The molecule has 0 aliphatic heterocycles. The van der Waals surface area contributed by atoms with E-state index in [9.17, 15) is 10.5 Å². The first-order valence-electron chi connectivity index (χ1n) is 19.6. The van der Waals surface area contributed by atoms with Crippen molar-refractivity contribution in [2.24, 2.45) is 0 Å². The fraction of sp³-hybridized carbons (Fsp3) is 0.0370. The van der Waals surface area contributed by atoms with Crippen LogP contribution < -0.4 is 5.22 Å². The molecule has 10 aromatic carbocycles. The maximum Gasteiger partial charge on any atom is 0.160 e. The maximum atomic E-state index is 9.72. The van der Waals surface area contributed by atoms with Gasteiger partial charge in [-0.1, -0.05) is 115 Å². The normalized spacial score (nSPS) is 13.7. The summed E-state index contributed by atoms with van der Waals surface area (Å²) in [5, 5.41) is 34.1. The van der Waals surface area contributed by atoms with Crippen LogP contribution in [-0.4, -0.2) is 9.97 Å². The number of aromatic nitrogens is 2. The lowest BCUT2D eigenvalue weighted by molar-refractivity contribution is 0.855. The zero-order valence-electron chi connectivity index (χ0n) is 31.2. The average Bonchev–Trinajstić information content (AvgIpc) is 3.29. The van der Waals surface area contributed by atoms with Crippen molar-refractivity contribution in [2.45, 2.75) is 12.3 Å². The topological polar surface area (TPSA) is 73.4 Å². The molecule has 1 atom stereocenters. The van der Waals surface area contributed by atoms with E-state index in [0.717, 1.165) is 45.3 Å². The highest BCUT2D eigenvalue weighted by Crippen LogP contribution is 2.46. The fourth-order valence-corrected chi connectivity index (χ4v) is 9.66. The lowest BCUT2D eigenvalue weighted by Gasteiger charge is -2.25. The van der Waals surface area contributed by atoms with E-state index >= 15 is 0 Å². The van der Waals surface area contributed by atoms with E-state index in [2.05, 4.69) is 127 Å². The summed E-state index contributed by atoms with van der Waals surface area (Å²) in [5.74, 6) is 0.671. The van der Waals surface area contributed by atoms with Gasteiger partial charge in [0.15, 0.2) is 5.82 Å². The Hall–Kier alpha value is -7.92. The summed E-state index contributed by atoms with van der Waals surface area (Å²) in [6.45, 7) is 0. The van der Waals surface area contributed by atoms with Crippen LogP contribution in [0.15, 0.2) is 158 Å². The zero-order chi connectivity index (χ0) is 38.5. The minimum atomic E-state index is 0.0951. The van der Waals surface area contributed by atoms with Crippen molar-refractivity contribution in [1.82, 2.24) is 9.97 Å². The van der Waals surface area contributed by atoms with E-state index in [4.69, 9.17) is 9.97 Å². The van der Waals surface area contributed by atoms with Crippen LogP contribution in [0.3, 0.4) is 0 Å². The number of rotatable bonds is 4. The quantitative estimate of drug-likeness (QED) is 0.169. The van der Waals surface area contributed by atoms with Gasteiger partial charge in [0.05, 0.1) is 34.5 Å². The van der Waals surface area contributed by atoms with Crippen LogP contribution in [0, 0.1) is 22.7 Å². The van der Waals surface area contributed by atoms with E-state index in [0.29, 0.717) is 17.0 Å². The van der Waals surface area contributed by atoms with Gasteiger partial charge in [0.25, 0.3) is 0 Å². The molecule has 0 fully saturated rings. The minimum absolute atomic E-state index is 0.0951. The molecular formula is C54H30N4. The highest BCUT2D eigenvalue weighted by molar-refractivity contribution is 6.26. The second-order valence-electron chi connectivity index (χ2n) is 15.5. The van der Waals surface area contributed by atoms with E-state index in [-0.39, 0.29) is 5.92 Å². The van der Waals surface area contributed by atoms with Gasteiger partial charge in [-0.05, 0) is 131 Å². The van der Waals surface area contributed by atoms with Crippen LogP contribution in [0.25, 0.3) is 105 Å². The minimum Gasteiger partial charge on any atom is -0.227 e. The van der Waals surface area contributed by atoms with E-state index in [1.54, 1.807) is 0 Å². The van der Waals surface area contributed by atoms with Gasteiger partial charge in [-0.15, -0.1) is 0 Å².